The van der Waals surface area contributed by atoms with Crippen LogP contribution < -0.4 is 20.7 Å². The zero-order valence-electron chi connectivity index (χ0n) is 38.2. The van der Waals surface area contributed by atoms with Crippen LogP contribution in [0.4, 0.5) is 28.4 Å². The minimum atomic E-state index is 0.0367. The summed E-state index contributed by atoms with van der Waals surface area (Å²) in [6.07, 6.45) is 4.79. The van der Waals surface area contributed by atoms with E-state index in [0.29, 0.717) is 0 Å². The second kappa shape index (κ2) is 13.3. The van der Waals surface area contributed by atoms with E-state index in [1.165, 1.54) is 103 Å². The molecule has 2 nitrogen and oxygen atoms in total. The third-order valence-electron chi connectivity index (χ3n) is 15.3. The van der Waals surface area contributed by atoms with Crippen molar-refractivity contribution in [2.24, 2.45) is 10.8 Å². The van der Waals surface area contributed by atoms with Gasteiger partial charge in [0, 0.05) is 34.1 Å². The molecule has 0 saturated carbocycles. The van der Waals surface area contributed by atoms with E-state index in [4.69, 9.17) is 0 Å². The molecule has 0 unspecified atom stereocenters. The van der Waals surface area contributed by atoms with Gasteiger partial charge >= 0.3 is 0 Å². The molecule has 0 saturated heterocycles. The Hall–Kier alpha value is -4.41. The molecule has 0 atom stereocenters. The normalized spacial score (nSPS) is 20.6. The highest BCUT2D eigenvalue weighted by Gasteiger charge is 2.53. The maximum absolute atomic E-state index is 2.72. The molecule has 3 aliphatic heterocycles. The van der Waals surface area contributed by atoms with Gasteiger partial charge < -0.3 is 9.80 Å². The summed E-state index contributed by atoms with van der Waals surface area (Å²) in [5, 5.41) is 1.42. The first-order valence-electron chi connectivity index (χ1n) is 22.6. The minimum Gasteiger partial charge on any atom is -0.311 e. The molecule has 5 aromatic carbocycles. The Bertz CT molecular complexity index is 2650. The number of hydrogen-bond acceptors (Lipinski definition) is 3. The zero-order chi connectivity index (χ0) is 42.3. The summed E-state index contributed by atoms with van der Waals surface area (Å²) >= 11 is 2.10. The van der Waals surface area contributed by atoms with Crippen LogP contribution in [0.2, 0.25) is 0 Å². The van der Waals surface area contributed by atoms with E-state index in [-0.39, 0.29) is 33.8 Å². The number of thioether (sulfide) groups is 1. The smallest absolute Gasteiger partial charge is 0.253 e. The second-order valence-electron chi connectivity index (χ2n) is 22.4. The van der Waals surface area contributed by atoms with Crippen molar-refractivity contribution in [2.45, 2.75) is 125 Å². The minimum absolute atomic E-state index is 0.0367. The predicted octanol–water partition coefficient (Wildman–Crippen LogP) is 14.5. The largest absolute Gasteiger partial charge is 0.311 e. The van der Waals surface area contributed by atoms with Crippen molar-refractivity contribution in [3.63, 3.8) is 0 Å². The summed E-state index contributed by atoms with van der Waals surface area (Å²) in [7, 11) is 0. The van der Waals surface area contributed by atoms with Crippen LogP contribution in [0.5, 0.6) is 0 Å². The number of hydrogen-bond donors (Lipinski definition) is 0. The number of benzene rings is 5. The van der Waals surface area contributed by atoms with Gasteiger partial charge in [0.05, 0.1) is 10.7 Å². The molecule has 5 aliphatic rings. The number of allylic oxidation sites excluding steroid dienone is 2. The Kier molecular flexibility index (Phi) is 8.80. The van der Waals surface area contributed by atoms with Gasteiger partial charge in [-0.25, -0.2) is 0 Å². The van der Waals surface area contributed by atoms with Crippen molar-refractivity contribution in [3.8, 4) is 11.1 Å². The average Bonchev–Trinajstić information content (AvgIpc) is 3.20. The first-order valence-corrected chi connectivity index (χ1v) is 23.6. The van der Waals surface area contributed by atoms with E-state index in [1.807, 2.05) is 0 Å². The summed E-state index contributed by atoms with van der Waals surface area (Å²) in [4.78, 5) is 5.37. The lowest BCUT2D eigenvalue weighted by Crippen LogP contribution is -2.58. The van der Waals surface area contributed by atoms with Crippen LogP contribution in [0.3, 0.4) is 0 Å². The van der Waals surface area contributed by atoms with Gasteiger partial charge in [-0.05, 0) is 146 Å². The molecule has 3 heterocycles. The Labute approximate surface area is 365 Å². The molecule has 0 N–H and O–H groups in total. The lowest BCUT2D eigenvalue weighted by atomic mass is 9.30. The highest BCUT2D eigenvalue weighted by atomic mass is 32.2. The number of fused-ring (bicyclic) bond motifs is 5. The van der Waals surface area contributed by atoms with Gasteiger partial charge in [-0.1, -0.05) is 148 Å². The molecule has 10 rings (SSSR count). The highest BCUT2D eigenvalue weighted by molar-refractivity contribution is 8.03. The van der Waals surface area contributed by atoms with E-state index in [0.717, 1.165) is 5.75 Å². The molecular formula is C56H63BN2S. The zero-order valence-corrected chi connectivity index (χ0v) is 39.0. The van der Waals surface area contributed by atoms with Crippen molar-refractivity contribution in [1.82, 2.24) is 0 Å². The second-order valence-corrected chi connectivity index (χ2v) is 23.3. The van der Waals surface area contributed by atoms with Gasteiger partial charge in [0.25, 0.3) is 6.71 Å². The molecular weight excluding hydrogens is 744 g/mol. The molecule has 306 valence electrons. The van der Waals surface area contributed by atoms with E-state index in [9.17, 15) is 0 Å². The summed E-state index contributed by atoms with van der Waals surface area (Å²) in [5.41, 5.74) is 22.9. The summed E-state index contributed by atoms with van der Waals surface area (Å²) in [5.74, 6) is 1.03. The monoisotopic (exact) mass is 806 g/mol. The molecule has 0 fully saturated rings. The van der Waals surface area contributed by atoms with Crippen LogP contribution in [-0.2, 0) is 16.2 Å². The lowest BCUT2D eigenvalue weighted by Gasteiger charge is -2.53. The van der Waals surface area contributed by atoms with Crippen LogP contribution >= 0.6 is 11.8 Å². The SMILES string of the molecule is Cc1cc2c3c(c1)N(c1ccc(C(C)(C)C)cc1)c1cc4c(cc1B3C1=C(SCC3=C1C(C)(C)CCC3(C)C)N2c1ccccc1-c1ccccc1)C(C)(C)CCC4(C)C. The molecule has 0 bridgehead atoms. The molecule has 0 amide bonds. The number of para-hydroxylation sites is 1. The van der Waals surface area contributed by atoms with Gasteiger partial charge in [-0.3, -0.25) is 0 Å². The van der Waals surface area contributed by atoms with Crippen molar-refractivity contribution in [3.05, 3.63) is 147 Å². The highest BCUT2D eigenvalue weighted by Crippen LogP contribution is 2.60. The van der Waals surface area contributed by atoms with Crippen LogP contribution in [0.15, 0.2) is 125 Å². The Morgan fingerprint density at radius 3 is 1.83 bits per heavy atom. The molecule has 2 aliphatic carbocycles. The molecule has 0 spiro atoms. The molecule has 0 radical (unpaired) electrons. The quantitative estimate of drug-likeness (QED) is 0.168. The fourth-order valence-electron chi connectivity index (χ4n) is 11.5. The molecule has 5 aromatic rings. The number of nitrogens with zero attached hydrogens (tertiary/aromatic N) is 2. The van der Waals surface area contributed by atoms with Crippen LogP contribution in [0.1, 0.15) is 124 Å². The maximum atomic E-state index is 2.72. The van der Waals surface area contributed by atoms with E-state index >= 15 is 0 Å². The molecule has 4 heteroatoms. The maximum Gasteiger partial charge on any atom is 0.253 e. The van der Waals surface area contributed by atoms with Crippen LogP contribution in [0.25, 0.3) is 11.1 Å². The average molecular weight is 807 g/mol. The van der Waals surface area contributed by atoms with Crippen molar-refractivity contribution >= 4 is 57.8 Å². The lowest BCUT2D eigenvalue weighted by molar-refractivity contribution is 0.267. The summed E-state index contributed by atoms with van der Waals surface area (Å²) in [6, 6.07) is 40.2. The predicted molar refractivity (Wildman–Crippen MR) is 262 cm³/mol. The van der Waals surface area contributed by atoms with Crippen molar-refractivity contribution in [2.75, 3.05) is 15.6 Å². The van der Waals surface area contributed by atoms with Crippen LogP contribution in [0, 0.1) is 17.8 Å². The standard InChI is InChI=1S/C56H63BN2S/c1-35-30-46-49-47(31-35)59(44-21-17-16-20-39(44)36-18-14-13-15-19-36)51-50(48-42(34-60-51)55(9,10)28-29-56(48,11)12)57(49)43-32-40-41(54(7,8)27-26-53(40,5)6)33-45(43)58(46)38-24-22-37(23-25-38)52(2,3)4/h13-25,30-33H,26-29,34H2,1-12H3. The third-order valence-corrected chi connectivity index (χ3v) is 16.4. The Balaban J connectivity index is 1.36. The van der Waals surface area contributed by atoms with Gasteiger partial charge in [0.2, 0.25) is 0 Å². The van der Waals surface area contributed by atoms with Gasteiger partial charge in [0.15, 0.2) is 0 Å². The molecule has 0 aromatic heterocycles. The summed E-state index contributed by atoms with van der Waals surface area (Å²) < 4.78 is 0. The summed E-state index contributed by atoms with van der Waals surface area (Å²) in [6.45, 7) is 29.5. The number of aryl methyl sites for hydroxylation is 1. The first kappa shape index (κ1) is 39.7. The van der Waals surface area contributed by atoms with Crippen molar-refractivity contribution in [1.29, 1.82) is 0 Å². The van der Waals surface area contributed by atoms with E-state index in [2.05, 4.69) is 208 Å². The number of rotatable bonds is 3. The van der Waals surface area contributed by atoms with E-state index in [1.54, 1.807) is 16.6 Å². The number of anilines is 5. The Morgan fingerprint density at radius 1 is 0.583 bits per heavy atom. The van der Waals surface area contributed by atoms with Crippen molar-refractivity contribution < 1.29 is 0 Å². The van der Waals surface area contributed by atoms with Gasteiger partial charge in [-0.2, -0.15) is 0 Å². The van der Waals surface area contributed by atoms with E-state index < -0.39 is 0 Å². The third kappa shape index (κ3) is 5.97. The van der Waals surface area contributed by atoms with Crippen LogP contribution in [-0.4, -0.2) is 12.5 Å². The topological polar surface area (TPSA) is 6.48 Å². The van der Waals surface area contributed by atoms with Gasteiger partial charge in [-0.15, -0.1) is 11.8 Å². The fourth-order valence-corrected chi connectivity index (χ4v) is 13.1. The fraction of sp³-hybridized carbons (Fsp3) is 0.393. The molecule has 60 heavy (non-hydrogen) atoms. The first-order chi connectivity index (χ1) is 28.3. The Morgan fingerprint density at radius 2 is 1.17 bits per heavy atom. The van der Waals surface area contributed by atoms with Gasteiger partial charge in [0.1, 0.15) is 0 Å².